The van der Waals surface area contributed by atoms with Crippen LogP contribution in [0.4, 0.5) is 5.69 Å². The number of hydrogen-bond donors (Lipinski definition) is 0. The van der Waals surface area contributed by atoms with Crippen LogP contribution in [-0.2, 0) is 17.6 Å². The minimum absolute atomic E-state index is 0.0539. The summed E-state index contributed by atoms with van der Waals surface area (Å²) in [4.78, 5) is 42.4. The molecule has 2 aromatic carbocycles. The highest BCUT2D eigenvalue weighted by atomic mass is 35.5. The van der Waals surface area contributed by atoms with Crippen LogP contribution in [0.25, 0.3) is 5.69 Å². The summed E-state index contributed by atoms with van der Waals surface area (Å²) in [5.74, 6) is -0.925. The van der Waals surface area contributed by atoms with Crippen molar-refractivity contribution < 1.29 is 19.1 Å². The first-order valence-corrected chi connectivity index (χ1v) is 11.5. The van der Waals surface area contributed by atoms with Gasteiger partial charge in [0.15, 0.2) is 5.69 Å². The number of fused-ring (bicyclic) bond motifs is 2. The minimum Gasteiger partial charge on any atom is -0.461 e. The quantitative estimate of drug-likeness (QED) is 0.535. The van der Waals surface area contributed by atoms with E-state index in [9.17, 15) is 14.4 Å². The van der Waals surface area contributed by atoms with Crippen molar-refractivity contribution in [3.05, 3.63) is 75.6 Å². The van der Waals surface area contributed by atoms with Gasteiger partial charge in [-0.05, 0) is 55.7 Å². The molecule has 0 aliphatic carbocycles. The van der Waals surface area contributed by atoms with E-state index < -0.39 is 5.97 Å². The highest BCUT2D eigenvalue weighted by Crippen LogP contribution is 2.31. The Labute approximate surface area is 201 Å². The van der Waals surface area contributed by atoms with E-state index in [-0.39, 0.29) is 29.8 Å². The minimum atomic E-state index is -0.566. The maximum absolute atomic E-state index is 13.8. The summed E-state index contributed by atoms with van der Waals surface area (Å²) in [6.45, 7) is 2.95. The molecule has 0 radical (unpaired) electrons. The number of rotatable bonds is 4. The first-order valence-electron chi connectivity index (χ1n) is 11.1. The van der Waals surface area contributed by atoms with Gasteiger partial charge >= 0.3 is 5.97 Å². The number of likely N-dealkylation sites (N-methyl/N-ethyl adjacent to an activating group) is 1. The number of aromatic nitrogens is 2. The summed E-state index contributed by atoms with van der Waals surface area (Å²) in [6.07, 6.45) is 1.20. The molecule has 0 N–H and O–H groups in total. The molecule has 0 bridgehead atoms. The number of benzene rings is 2. The molecule has 9 heteroatoms. The van der Waals surface area contributed by atoms with E-state index >= 15 is 0 Å². The van der Waals surface area contributed by atoms with E-state index in [0.717, 1.165) is 12.0 Å². The number of hydrogen-bond acceptors (Lipinski definition) is 5. The largest absolute Gasteiger partial charge is 0.461 e. The van der Waals surface area contributed by atoms with Crippen LogP contribution in [0.15, 0.2) is 42.5 Å². The van der Waals surface area contributed by atoms with Crippen molar-refractivity contribution in [1.82, 2.24) is 14.7 Å². The predicted molar refractivity (Wildman–Crippen MR) is 127 cm³/mol. The van der Waals surface area contributed by atoms with Crippen LogP contribution in [0.5, 0.6) is 0 Å². The standard InChI is InChI=1S/C25H23ClN4O4/c1-3-34-25(33)21-19-10-12-29(17-8-7-15-9-11-28(2)23(31)20(15)14-17)24(32)22(19)30(27-21)18-6-4-5-16(26)13-18/h4-8,13-14H,3,9-12H2,1-2H3. The lowest BCUT2D eigenvalue weighted by Crippen LogP contribution is -2.39. The molecule has 0 unspecified atom stereocenters. The van der Waals surface area contributed by atoms with Crippen LogP contribution in [0.2, 0.25) is 5.02 Å². The third-order valence-electron chi connectivity index (χ3n) is 6.24. The van der Waals surface area contributed by atoms with Crippen molar-refractivity contribution in [3.63, 3.8) is 0 Å². The highest BCUT2D eigenvalue weighted by Gasteiger charge is 2.36. The lowest BCUT2D eigenvalue weighted by atomic mass is 9.97. The number of carbonyl (C=O) groups excluding carboxylic acids is 3. The third kappa shape index (κ3) is 3.64. The second kappa shape index (κ2) is 8.61. The summed E-state index contributed by atoms with van der Waals surface area (Å²) >= 11 is 6.19. The van der Waals surface area contributed by atoms with Crippen LogP contribution in [0.1, 0.15) is 49.4 Å². The van der Waals surface area contributed by atoms with Crippen molar-refractivity contribution in [2.45, 2.75) is 19.8 Å². The van der Waals surface area contributed by atoms with Gasteiger partial charge < -0.3 is 14.5 Å². The number of esters is 1. The predicted octanol–water partition coefficient (Wildman–Crippen LogP) is 3.53. The summed E-state index contributed by atoms with van der Waals surface area (Å²) in [5, 5.41) is 4.95. The van der Waals surface area contributed by atoms with Gasteiger partial charge in [-0.2, -0.15) is 5.10 Å². The Bertz CT molecular complexity index is 1330. The topological polar surface area (TPSA) is 84.7 Å². The van der Waals surface area contributed by atoms with Gasteiger partial charge in [0.25, 0.3) is 11.8 Å². The zero-order chi connectivity index (χ0) is 24.0. The number of halogens is 1. The maximum Gasteiger partial charge on any atom is 0.359 e. The molecule has 2 amide bonds. The van der Waals surface area contributed by atoms with E-state index in [1.54, 1.807) is 54.1 Å². The molecule has 8 nitrogen and oxygen atoms in total. The smallest absolute Gasteiger partial charge is 0.359 e. The average Bonchev–Trinajstić information content (AvgIpc) is 3.23. The fraction of sp³-hybridized carbons (Fsp3) is 0.280. The second-order valence-electron chi connectivity index (χ2n) is 8.31. The SMILES string of the molecule is CCOC(=O)c1nn(-c2cccc(Cl)c2)c2c1CCN(c1ccc3c(c1)C(=O)N(C)CC3)C2=O. The first-order chi connectivity index (χ1) is 16.4. The fourth-order valence-corrected chi connectivity index (χ4v) is 4.69. The average molecular weight is 479 g/mol. The molecule has 1 aromatic heterocycles. The number of nitrogens with zero attached hydrogens (tertiary/aromatic N) is 4. The molecule has 5 rings (SSSR count). The number of amides is 2. The third-order valence-corrected chi connectivity index (χ3v) is 6.47. The van der Waals surface area contributed by atoms with Crippen LogP contribution >= 0.6 is 11.6 Å². The number of carbonyl (C=O) groups is 3. The monoisotopic (exact) mass is 478 g/mol. The molecule has 0 saturated carbocycles. The van der Waals surface area contributed by atoms with Crippen molar-refractivity contribution in [2.75, 3.05) is 31.6 Å². The molecule has 0 saturated heterocycles. The number of ether oxygens (including phenoxy) is 1. The van der Waals surface area contributed by atoms with Gasteiger partial charge in [0.1, 0.15) is 5.69 Å². The molecule has 0 spiro atoms. The van der Waals surface area contributed by atoms with Crippen molar-refractivity contribution in [2.24, 2.45) is 0 Å². The molecule has 3 heterocycles. The summed E-state index contributed by atoms with van der Waals surface area (Å²) in [6, 6.07) is 12.5. The first kappa shape index (κ1) is 22.2. The highest BCUT2D eigenvalue weighted by molar-refractivity contribution is 6.30. The molecular weight excluding hydrogens is 456 g/mol. The Morgan fingerprint density at radius 3 is 2.65 bits per heavy atom. The summed E-state index contributed by atoms with van der Waals surface area (Å²) in [5.41, 5.74) is 3.76. The van der Waals surface area contributed by atoms with Crippen molar-refractivity contribution >= 4 is 35.1 Å². The molecule has 34 heavy (non-hydrogen) atoms. The zero-order valence-corrected chi connectivity index (χ0v) is 19.6. The van der Waals surface area contributed by atoms with Crippen LogP contribution < -0.4 is 4.90 Å². The van der Waals surface area contributed by atoms with E-state index in [1.807, 2.05) is 12.1 Å². The van der Waals surface area contributed by atoms with Gasteiger partial charge in [-0.3, -0.25) is 9.59 Å². The van der Waals surface area contributed by atoms with E-state index in [2.05, 4.69) is 5.10 Å². The van der Waals surface area contributed by atoms with Crippen LogP contribution in [0.3, 0.4) is 0 Å². The van der Waals surface area contributed by atoms with E-state index in [1.165, 1.54) is 4.68 Å². The Morgan fingerprint density at radius 2 is 1.88 bits per heavy atom. The molecule has 0 atom stereocenters. The Morgan fingerprint density at radius 1 is 1.06 bits per heavy atom. The molecular formula is C25H23ClN4O4. The van der Waals surface area contributed by atoms with E-state index in [0.29, 0.717) is 47.0 Å². The Hall–Kier alpha value is -3.65. The van der Waals surface area contributed by atoms with Crippen molar-refractivity contribution in [3.8, 4) is 5.69 Å². The molecule has 2 aliphatic rings. The molecule has 174 valence electrons. The van der Waals surface area contributed by atoms with Gasteiger partial charge in [-0.15, -0.1) is 0 Å². The second-order valence-corrected chi connectivity index (χ2v) is 8.75. The number of anilines is 1. The van der Waals surface area contributed by atoms with Gasteiger partial charge in [-0.1, -0.05) is 23.7 Å². The summed E-state index contributed by atoms with van der Waals surface area (Å²) in [7, 11) is 1.77. The lowest BCUT2D eigenvalue weighted by molar-refractivity contribution is 0.0517. The Kier molecular flexibility index (Phi) is 5.61. The zero-order valence-electron chi connectivity index (χ0n) is 18.9. The molecule has 3 aromatic rings. The van der Waals surface area contributed by atoms with Gasteiger partial charge in [-0.25, -0.2) is 9.48 Å². The van der Waals surface area contributed by atoms with Crippen LogP contribution in [-0.4, -0.2) is 59.2 Å². The maximum atomic E-state index is 13.8. The van der Waals surface area contributed by atoms with Crippen LogP contribution in [0, 0.1) is 0 Å². The van der Waals surface area contributed by atoms with Gasteiger partial charge in [0, 0.05) is 42.0 Å². The Balaban J connectivity index is 1.60. The normalized spacial score (nSPS) is 15.3. The summed E-state index contributed by atoms with van der Waals surface area (Å²) < 4.78 is 6.65. The molecule has 0 fully saturated rings. The van der Waals surface area contributed by atoms with E-state index in [4.69, 9.17) is 16.3 Å². The van der Waals surface area contributed by atoms with Gasteiger partial charge in [0.05, 0.1) is 12.3 Å². The fourth-order valence-electron chi connectivity index (χ4n) is 4.51. The van der Waals surface area contributed by atoms with Crippen molar-refractivity contribution in [1.29, 1.82) is 0 Å². The molecule has 2 aliphatic heterocycles. The lowest BCUT2D eigenvalue weighted by Gasteiger charge is -2.30. The van der Waals surface area contributed by atoms with Gasteiger partial charge in [0.2, 0.25) is 0 Å².